The van der Waals surface area contributed by atoms with Gasteiger partial charge in [0.15, 0.2) is 0 Å². The van der Waals surface area contributed by atoms with Crippen LogP contribution in [0.25, 0.3) is 0 Å². The quantitative estimate of drug-likeness (QED) is 0.181. The van der Waals surface area contributed by atoms with Gasteiger partial charge in [0.05, 0.1) is 12.5 Å². The molecule has 3 fully saturated rings. The Balaban J connectivity index is 1.45. The highest BCUT2D eigenvalue weighted by Crippen LogP contribution is 2.72. The van der Waals surface area contributed by atoms with Gasteiger partial charge in [0.2, 0.25) is 6.29 Å². The summed E-state index contributed by atoms with van der Waals surface area (Å²) in [6.45, 7) is 21.2. The van der Waals surface area contributed by atoms with Crippen LogP contribution in [0, 0.1) is 45.3 Å². The van der Waals surface area contributed by atoms with E-state index in [-0.39, 0.29) is 45.6 Å². The molecule has 1 aliphatic heterocycles. The summed E-state index contributed by atoms with van der Waals surface area (Å²) >= 11 is 0. The van der Waals surface area contributed by atoms with Crippen LogP contribution in [-0.2, 0) is 23.8 Å². The fraction of sp³-hybridized carbons (Fsp3) is 0.846. The molecule has 4 N–H and O–H groups in total. The predicted molar refractivity (Wildman–Crippen MR) is 181 cm³/mol. The van der Waals surface area contributed by atoms with E-state index < -0.39 is 49.2 Å². The van der Waals surface area contributed by atoms with Crippen molar-refractivity contribution >= 4 is 11.9 Å². The molecule has 9 heteroatoms. The number of aliphatic hydroxyl groups is 4. The summed E-state index contributed by atoms with van der Waals surface area (Å²) in [5.74, 6) is -0.456. The second-order valence-corrected chi connectivity index (χ2v) is 17.4. The van der Waals surface area contributed by atoms with Gasteiger partial charge in [-0.05, 0) is 98.2 Å². The summed E-state index contributed by atoms with van der Waals surface area (Å²) in [5, 5.41) is 41.0. The molecule has 0 aromatic rings. The van der Waals surface area contributed by atoms with Crippen LogP contribution in [0.3, 0.4) is 0 Å². The predicted octanol–water partition coefficient (Wildman–Crippen LogP) is 5.62. The third-order valence-corrected chi connectivity index (χ3v) is 14.5. The molecule has 0 radical (unpaired) electrons. The molecule has 0 bridgehead atoms. The number of carbonyl (C=O) groups is 2. The number of aliphatic hydroxyl groups excluding tert-OH is 4. The Labute approximate surface area is 287 Å². The van der Waals surface area contributed by atoms with E-state index >= 15 is 0 Å². The SMILES string of the molecule is C=C(CC[C@@H](C(=O)O[C@H]1O[C@H](CO)[C@H](O)[C@@H](O)[C@@H]1O)[C@H]1CC[C@@]2(C)C3=C(CC[C@]12C)[C@@]1(C)CC[C@H](OC(C)=O)C(C)(C)[C@@H]1CC3)C(C)C. The van der Waals surface area contributed by atoms with Crippen LogP contribution >= 0.6 is 0 Å². The standard InChI is InChI=1S/C39H62O9/c1-21(2)22(3)10-11-24(34(45)48-35-33(44)32(43)31(42)28(20-40)47-35)25-14-18-39(9)27-12-13-29-36(5,6)30(46-23(4)41)16-17-37(29,7)26(27)15-19-38(25,39)8/h21,24-25,28-33,35,40,42-44H,3,10-20H2,1-2,4-9H3/t24-,25-,28-,29+,30+,31+,32-,33+,35-,37-,38-,39+/m1/s1. The maximum atomic E-state index is 14.2. The highest BCUT2D eigenvalue weighted by Gasteiger charge is 2.65. The topological polar surface area (TPSA) is 143 Å². The van der Waals surface area contributed by atoms with Gasteiger partial charge < -0.3 is 34.6 Å². The van der Waals surface area contributed by atoms with Crippen LogP contribution in [0.15, 0.2) is 23.3 Å². The van der Waals surface area contributed by atoms with E-state index in [9.17, 15) is 30.0 Å². The molecule has 0 unspecified atom stereocenters. The molecule has 0 spiro atoms. The molecule has 48 heavy (non-hydrogen) atoms. The second kappa shape index (κ2) is 13.4. The van der Waals surface area contributed by atoms with Gasteiger partial charge in [0, 0.05) is 12.3 Å². The Morgan fingerprint density at radius 1 is 0.917 bits per heavy atom. The van der Waals surface area contributed by atoms with Crippen molar-refractivity contribution in [2.75, 3.05) is 6.61 Å². The first-order valence-corrected chi connectivity index (χ1v) is 18.4. The number of allylic oxidation sites excluding steroid dienone is 3. The number of fused-ring (bicyclic) bond motifs is 4. The van der Waals surface area contributed by atoms with Crippen molar-refractivity contribution in [2.45, 2.75) is 156 Å². The van der Waals surface area contributed by atoms with Gasteiger partial charge in [-0.3, -0.25) is 9.59 Å². The summed E-state index contributed by atoms with van der Waals surface area (Å²) in [5.41, 5.74) is 3.89. The molecule has 0 aromatic carbocycles. The molecule has 4 aliphatic carbocycles. The summed E-state index contributed by atoms with van der Waals surface area (Å²) in [4.78, 5) is 26.2. The molecular weight excluding hydrogens is 612 g/mol. The third-order valence-electron chi connectivity index (χ3n) is 14.5. The number of esters is 2. The Bertz CT molecular complexity index is 1290. The number of rotatable bonds is 9. The number of carbonyl (C=O) groups excluding carboxylic acids is 2. The van der Waals surface area contributed by atoms with Crippen LogP contribution in [0.2, 0.25) is 0 Å². The zero-order chi connectivity index (χ0) is 35.6. The Morgan fingerprint density at radius 3 is 2.23 bits per heavy atom. The van der Waals surface area contributed by atoms with Gasteiger partial charge in [-0.25, -0.2) is 0 Å². The fourth-order valence-corrected chi connectivity index (χ4v) is 11.2. The largest absolute Gasteiger partial charge is 0.462 e. The summed E-state index contributed by atoms with van der Waals surface area (Å²) in [6, 6.07) is 0. The molecular formula is C39H62O9. The maximum absolute atomic E-state index is 14.2. The van der Waals surface area contributed by atoms with Crippen LogP contribution in [0.4, 0.5) is 0 Å². The molecule has 2 saturated carbocycles. The van der Waals surface area contributed by atoms with Gasteiger partial charge in [-0.1, -0.05) is 71.8 Å². The van der Waals surface area contributed by atoms with Crippen molar-refractivity contribution in [1.82, 2.24) is 0 Å². The maximum Gasteiger partial charge on any atom is 0.311 e. The molecule has 12 atom stereocenters. The lowest BCUT2D eigenvalue weighted by molar-refractivity contribution is -0.294. The van der Waals surface area contributed by atoms with E-state index in [0.29, 0.717) is 18.8 Å². The van der Waals surface area contributed by atoms with E-state index in [2.05, 4.69) is 55.0 Å². The smallest absolute Gasteiger partial charge is 0.311 e. The summed E-state index contributed by atoms with van der Waals surface area (Å²) < 4.78 is 17.3. The molecule has 5 aliphatic rings. The normalized spacial score (nSPS) is 42.8. The average molecular weight is 675 g/mol. The average Bonchev–Trinajstić information content (AvgIpc) is 3.29. The van der Waals surface area contributed by atoms with Crippen LogP contribution in [0.5, 0.6) is 0 Å². The molecule has 1 heterocycles. The fourth-order valence-electron chi connectivity index (χ4n) is 11.2. The molecule has 9 nitrogen and oxygen atoms in total. The highest BCUT2D eigenvalue weighted by molar-refractivity contribution is 5.73. The summed E-state index contributed by atoms with van der Waals surface area (Å²) in [6.07, 6.45) is 1.42. The minimum Gasteiger partial charge on any atom is -0.462 e. The van der Waals surface area contributed by atoms with Crippen LogP contribution in [-0.4, -0.2) is 75.8 Å². The zero-order valence-electron chi connectivity index (χ0n) is 30.6. The lowest BCUT2D eigenvalue weighted by Gasteiger charge is -2.62. The van der Waals surface area contributed by atoms with Crippen molar-refractivity contribution in [1.29, 1.82) is 0 Å². The van der Waals surface area contributed by atoms with Crippen molar-refractivity contribution in [3.05, 3.63) is 23.3 Å². The number of ether oxygens (including phenoxy) is 3. The van der Waals surface area contributed by atoms with Gasteiger partial charge in [0.25, 0.3) is 0 Å². The number of hydrogen-bond donors (Lipinski definition) is 4. The van der Waals surface area contributed by atoms with Gasteiger partial charge in [0.1, 0.15) is 30.5 Å². The lowest BCUT2D eigenvalue weighted by atomic mass is 9.43. The lowest BCUT2D eigenvalue weighted by Crippen LogP contribution is -2.59. The van der Waals surface area contributed by atoms with E-state index in [1.165, 1.54) is 6.92 Å². The Hall–Kier alpha value is -1.78. The molecule has 272 valence electrons. The minimum absolute atomic E-state index is 0.0237. The zero-order valence-corrected chi connectivity index (χ0v) is 30.6. The number of hydrogen-bond acceptors (Lipinski definition) is 9. The molecule has 0 aromatic heterocycles. The summed E-state index contributed by atoms with van der Waals surface area (Å²) in [7, 11) is 0. The van der Waals surface area contributed by atoms with Crippen molar-refractivity contribution < 1.29 is 44.2 Å². The highest BCUT2D eigenvalue weighted by atomic mass is 16.7. The van der Waals surface area contributed by atoms with Crippen molar-refractivity contribution in [3.8, 4) is 0 Å². The van der Waals surface area contributed by atoms with Gasteiger partial charge in [-0.15, -0.1) is 0 Å². The first-order valence-electron chi connectivity index (χ1n) is 18.4. The molecule has 5 rings (SSSR count). The van der Waals surface area contributed by atoms with E-state index in [4.69, 9.17) is 14.2 Å². The van der Waals surface area contributed by atoms with Crippen LogP contribution < -0.4 is 0 Å². The first-order chi connectivity index (χ1) is 22.3. The first kappa shape index (κ1) is 37.5. The molecule has 0 amide bonds. The van der Waals surface area contributed by atoms with Crippen molar-refractivity contribution in [3.63, 3.8) is 0 Å². The molecule has 1 saturated heterocycles. The van der Waals surface area contributed by atoms with E-state index in [0.717, 1.165) is 56.9 Å². The van der Waals surface area contributed by atoms with Gasteiger partial charge in [-0.2, -0.15) is 0 Å². The minimum atomic E-state index is -1.64. The Kier molecular flexibility index (Phi) is 10.5. The second-order valence-electron chi connectivity index (χ2n) is 17.4. The van der Waals surface area contributed by atoms with Gasteiger partial charge >= 0.3 is 11.9 Å². The van der Waals surface area contributed by atoms with Crippen LogP contribution in [0.1, 0.15) is 120 Å². The monoisotopic (exact) mass is 674 g/mol. The van der Waals surface area contributed by atoms with E-state index in [1.54, 1.807) is 11.1 Å². The Morgan fingerprint density at radius 2 is 1.60 bits per heavy atom. The third kappa shape index (κ3) is 6.01. The van der Waals surface area contributed by atoms with E-state index in [1.807, 2.05) is 0 Å². The van der Waals surface area contributed by atoms with Crippen molar-refractivity contribution in [2.24, 2.45) is 45.3 Å².